The number of rotatable bonds is 47. The molecule has 0 aliphatic rings. The lowest BCUT2D eigenvalue weighted by Crippen LogP contribution is -2.53. The molecule has 1 amide bonds. The molecule has 0 saturated carbocycles. The maximum absolute atomic E-state index is 12.5. The van der Waals surface area contributed by atoms with Gasteiger partial charge in [0.2, 0.25) is 5.91 Å². The first kappa shape index (κ1) is 56.8. The van der Waals surface area contributed by atoms with E-state index in [1.54, 1.807) is 0 Å². The Balaban J connectivity index is 3.61. The number of aliphatic hydroxyl groups excluding tert-OH is 4. The molecule has 0 aliphatic heterocycles. The monoisotopic (exact) mass is 820 g/mol. The minimum absolute atomic E-state index is 0.365. The standard InChI is InChI=1S/C52H101NO5/c1-3-5-7-9-11-13-15-17-18-19-20-21-22-23-24-25-26-27-28-29-30-31-32-34-36-38-40-42-44-46-50(56)52(58)53-48(47-54)51(57)49(55)45-43-41-39-37-35-33-16-14-12-10-8-6-4-2/h23-24,37,39,48-51,54-57H,3-22,25-36,38,40-47H2,1-2H3,(H,53,58)/b24-23-,39-37+. The summed E-state index contributed by atoms with van der Waals surface area (Å²) < 4.78 is 0. The molecule has 4 atom stereocenters. The molecule has 0 rings (SSSR count). The number of hydrogen-bond acceptors (Lipinski definition) is 5. The van der Waals surface area contributed by atoms with Crippen molar-refractivity contribution in [2.45, 2.75) is 295 Å². The molecule has 0 aromatic carbocycles. The van der Waals surface area contributed by atoms with Crippen LogP contribution in [0.2, 0.25) is 0 Å². The van der Waals surface area contributed by atoms with Crippen molar-refractivity contribution in [1.29, 1.82) is 0 Å². The Morgan fingerprint density at radius 2 is 0.707 bits per heavy atom. The maximum Gasteiger partial charge on any atom is 0.249 e. The van der Waals surface area contributed by atoms with Crippen LogP contribution in [0.4, 0.5) is 0 Å². The fraction of sp³-hybridized carbons (Fsp3) is 0.904. The fourth-order valence-corrected chi connectivity index (χ4v) is 8.05. The number of nitrogens with one attached hydrogen (secondary N) is 1. The lowest BCUT2D eigenvalue weighted by Gasteiger charge is -2.27. The van der Waals surface area contributed by atoms with Crippen LogP contribution in [-0.2, 0) is 4.79 Å². The highest BCUT2D eigenvalue weighted by atomic mass is 16.3. The first-order chi connectivity index (χ1) is 28.5. The molecule has 4 unspecified atom stereocenters. The highest BCUT2D eigenvalue weighted by molar-refractivity contribution is 5.80. The van der Waals surface area contributed by atoms with Crippen molar-refractivity contribution in [2.24, 2.45) is 0 Å². The third kappa shape index (κ3) is 40.2. The van der Waals surface area contributed by atoms with Crippen LogP contribution in [0.25, 0.3) is 0 Å². The molecule has 0 aliphatic carbocycles. The third-order valence-electron chi connectivity index (χ3n) is 12.1. The summed E-state index contributed by atoms with van der Waals surface area (Å²) in [6.07, 6.45) is 55.3. The highest BCUT2D eigenvalue weighted by Gasteiger charge is 2.28. The van der Waals surface area contributed by atoms with Gasteiger partial charge < -0.3 is 25.7 Å². The second kappa shape index (κ2) is 46.8. The number of amides is 1. The molecule has 0 spiro atoms. The van der Waals surface area contributed by atoms with Gasteiger partial charge in [0.05, 0.1) is 18.8 Å². The smallest absolute Gasteiger partial charge is 0.249 e. The molecule has 5 N–H and O–H groups in total. The number of carbonyl (C=O) groups excluding carboxylic acids is 1. The fourth-order valence-electron chi connectivity index (χ4n) is 8.05. The van der Waals surface area contributed by atoms with Crippen molar-refractivity contribution < 1.29 is 25.2 Å². The minimum atomic E-state index is -1.28. The summed E-state index contributed by atoms with van der Waals surface area (Å²) in [6, 6.07) is -0.999. The van der Waals surface area contributed by atoms with E-state index >= 15 is 0 Å². The van der Waals surface area contributed by atoms with E-state index in [4.69, 9.17) is 0 Å². The minimum Gasteiger partial charge on any atom is -0.394 e. The van der Waals surface area contributed by atoms with Crippen LogP contribution in [0, 0.1) is 0 Å². The predicted octanol–water partition coefficient (Wildman–Crippen LogP) is 14.3. The number of carbonyl (C=O) groups is 1. The van der Waals surface area contributed by atoms with E-state index in [0.29, 0.717) is 12.8 Å². The van der Waals surface area contributed by atoms with Crippen LogP contribution in [0.1, 0.15) is 271 Å². The lowest BCUT2D eigenvalue weighted by atomic mass is 10.00. The summed E-state index contributed by atoms with van der Waals surface area (Å²) in [5.41, 5.74) is 0. The van der Waals surface area contributed by atoms with Gasteiger partial charge in [0.15, 0.2) is 0 Å². The Morgan fingerprint density at radius 3 is 1.03 bits per heavy atom. The summed E-state index contributed by atoms with van der Waals surface area (Å²) in [5, 5.41) is 43.7. The Kier molecular flexibility index (Phi) is 45.9. The number of unbranched alkanes of at least 4 members (excludes halogenated alkanes) is 34. The third-order valence-corrected chi connectivity index (χ3v) is 12.1. The SMILES string of the molecule is CCCCCCCCCC/C=C/CCCC(O)C(O)C(CO)NC(=O)C(O)CCCCCCCCCCCCCCC/C=C\CCCCCCCCCCCCCC. The van der Waals surface area contributed by atoms with Crippen LogP contribution < -0.4 is 5.32 Å². The van der Waals surface area contributed by atoms with Crippen molar-refractivity contribution >= 4 is 5.91 Å². The largest absolute Gasteiger partial charge is 0.394 e. The average molecular weight is 820 g/mol. The van der Waals surface area contributed by atoms with Crippen LogP contribution in [0.15, 0.2) is 24.3 Å². The highest BCUT2D eigenvalue weighted by Crippen LogP contribution is 2.17. The summed E-state index contributed by atoms with van der Waals surface area (Å²) in [6.45, 7) is 4.05. The second-order valence-electron chi connectivity index (χ2n) is 17.9. The van der Waals surface area contributed by atoms with Gasteiger partial charge in [-0.25, -0.2) is 0 Å². The molecular formula is C52H101NO5. The summed E-state index contributed by atoms with van der Waals surface area (Å²) in [5.74, 6) is -0.591. The molecule has 0 aromatic heterocycles. The van der Waals surface area contributed by atoms with Gasteiger partial charge in [0.1, 0.15) is 12.2 Å². The van der Waals surface area contributed by atoms with Gasteiger partial charge in [0.25, 0.3) is 0 Å². The van der Waals surface area contributed by atoms with Crippen LogP contribution in [-0.4, -0.2) is 57.3 Å². The zero-order valence-electron chi connectivity index (χ0n) is 38.8. The van der Waals surface area contributed by atoms with Gasteiger partial charge in [-0.1, -0.05) is 231 Å². The topological polar surface area (TPSA) is 110 Å². The zero-order valence-corrected chi connectivity index (χ0v) is 38.8. The summed E-state index contributed by atoms with van der Waals surface area (Å²) >= 11 is 0. The van der Waals surface area contributed by atoms with Gasteiger partial charge in [-0.2, -0.15) is 0 Å². The van der Waals surface area contributed by atoms with E-state index in [-0.39, 0.29) is 0 Å². The number of aliphatic hydroxyl groups is 4. The zero-order chi connectivity index (χ0) is 42.4. The van der Waals surface area contributed by atoms with E-state index in [9.17, 15) is 25.2 Å². The van der Waals surface area contributed by atoms with Crippen LogP contribution >= 0.6 is 0 Å². The Labute approximate surface area is 361 Å². The molecule has 6 nitrogen and oxygen atoms in total. The average Bonchev–Trinajstić information content (AvgIpc) is 3.23. The normalized spacial score (nSPS) is 14.1. The van der Waals surface area contributed by atoms with Gasteiger partial charge in [-0.15, -0.1) is 0 Å². The van der Waals surface area contributed by atoms with E-state index in [0.717, 1.165) is 38.5 Å². The number of hydrogen-bond donors (Lipinski definition) is 5. The van der Waals surface area contributed by atoms with Gasteiger partial charge in [0, 0.05) is 0 Å². The predicted molar refractivity (Wildman–Crippen MR) is 251 cm³/mol. The van der Waals surface area contributed by atoms with Gasteiger partial charge in [-0.05, 0) is 64.2 Å². The molecule has 0 radical (unpaired) electrons. The van der Waals surface area contributed by atoms with Crippen LogP contribution in [0.5, 0.6) is 0 Å². The maximum atomic E-state index is 12.5. The Hall–Kier alpha value is -1.21. The van der Waals surface area contributed by atoms with Crippen LogP contribution in [0.3, 0.4) is 0 Å². The molecular weight excluding hydrogens is 719 g/mol. The van der Waals surface area contributed by atoms with E-state index in [1.807, 2.05) is 0 Å². The van der Waals surface area contributed by atoms with Gasteiger partial charge in [-0.3, -0.25) is 4.79 Å². The molecule has 0 fully saturated rings. The second-order valence-corrected chi connectivity index (χ2v) is 17.9. The first-order valence-corrected chi connectivity index (χ1v) is 25.7. The molecule has 0 saturated heterocycles. The van der Waals surface area contributed by atoms with Crippen molar-refractivity contribution in [1.82, 2.24) is 5.32 Å². The molecule has 0 heterocycles. The van der Waals surface area contributed by atoms with E-state index in [1.165, 1.54) is 205 Å². The first-order valence-electron chi connectivity index (χ1n) is 25.7. The Bertz CT molecular complexity index is 878. The summed E-state index contributed by atoms with van der Waals surface area (Å²) in [4.78, 5) is 12.5. The van der Waals surface area contributed by atoms with Crippen molar-refractivity contribution in [2.75, 3.05) is 6.61 Å². The quantitative estimate of drug-likeness (QED) is 0.0310. The van der Waals surface area contributed by atoms with Crippen molar-refractivity contribution in [3.05, 3.63) is 24.3 Å². The molecule has 0 aromatic rings. The number of allylic oxidation sites excluding steroid dienone is 4. The van der Waals surface area contributed by atoms with E-state index < -0.39 is 36.9 Å². The molecule has 0 bridgehead atoms. The molecule has 344 valence electrons. The van der Waals surface area contributed by atoms with E-state index in [2.05, 4.69) is 43.5 Å². The van der Waals surface area contributed by atoms with Crippen molar-refractivity contribution in [3.8, 4) is 0 Å². The van der Waals surface area contributed by atoms with Crippen molar-refractivity contribution in [3.63, 3.8) is 0 Å². The van der Waals surface area contributed by atoms with Gasteiger partial charge >= 0.3 is 0 Å². The summed E-state index contributed by atoms with van der Waals surface area (Å²) in [7, 11) is 0. The molecule has 6 heteroatoms. The molecule has 58 heavy (non-hydrogen) atoms. The Morgan fingerprint density at radius 1 is 0.414 bits per heavy atom. The lowest BCUT2D eigenvalue weighted by molar-refractivity contribution is -0.132.